The van der Waals surface area contributed by atoms with Gasteiger partial charge in [0.05, 0.1) is 0 Å². The summed E-state index contributed by atoms with van der Waals surface area (Å²) < 4.78 is 0. The maximum Gasteiger partial charge on any atom is 0.254 e. The Kier molecular flexibility index (Phi) is 4.44. The monoisotopic (exact) mass is 309 g/mol. The summed E-state index contributed by atoms with van der Waals surface area (Å²) in [7, 11) is 1.93. The van der Waals surface area contributed by atoms with Crippen molar-refractivity contribution >= 4 is 21.8 Å². The molecular formula is C15H20BrNO. The summed E-state index contributed by atoms with van der Waals surface area (Å²) >= 11 is 3.72. The van der Waals surface area contributed by atoms with Gasteiger partial charge >= 0.3 is 0 Å². The highest BCUT2D eigenvalue weighted by Crippen LogP contribution is 2.28. The molecule has 2 rings (SSSR count). The SMILES string of the molecule is Cc1ccccc1C(=O)N(C)C1CCCCC1Br. The van der Waals surface area contributed by atoms with E-state index in [0.29, 0.717) is 10.9 Å². The van der Waals surface area contributed by atoms with Crippen LogP contribution in [0.1, 0.15) is 41.6 Å². The highest BCUT2D eigenvalue weighted by atomic mass is 79.9. The number of carbonyl (C=O) groups excluding carboxylic acids is 1. The third-order valence-corrected chi connectivity index (χ3v) is 4.91. The van der Waals surface area contributed by atoms with Gasteiger partial charge in [0.15, 0.2) is 0 Å². The highest BCUT2D eigenvalue weighted by molar-refractivity contribution is 9.09. The van der Waals surface area contributed by atoms with Crippen LogP contribution >= 0.6 is 15.9 Å². The van der Waals surface area contributed by atoms with Crippen molar-refractivity contribution in [1.29, 1.82) is 0 Å². The summed E-state index contributed by atoms with van der Waals surface area (Å²) in [5.41, 5.74) is 1.88. The maximum absolute atomic E-state index is 12.5. The summed E-state index contributed by atoms with van der Waals surface area (Å²) in [5, 5.41) is 0. The van der Waals surface area contributed by atoms with E-state index in [1.807, 2.05) is 43.1 Å². The number of carbonyl (C=O) groups is 1. The van der Waals surface area contributed by atoms with Crippen LogP contribution in [-0.4, -0.2) is 28.7 Å². The summed E-state index contributed by atoms with van der Waals surface area (Å²) in [6, 6.07) is 8.14. The van der Waals surface area contributed by atoms with Gasteiger partial charge in [0, 0.05) is 23.5 Å². The average molecular weight is 310 g/mol. The molecule has 1 saturated carbocycles. The molecule has 18 heavy (non-hydrogen) atoms. The quantitative estimate of drug-likeness (QED) is 0.761. The Balaban J connectivity index is 2.16. The van der Waals surface area contributed by atoms with Gasteiger partial charge in [-0.15, -0.1) is 0 Å². The largest absolute Gasteiger partial charge is 0.338 e. The second-order valence-electron chi connectivity index (χ2n) is 5.10. The van der Waals surface area contributed by atoms with Crippen LogP contribution in [0.15, 0.2) is 24.3 Å². The second kappa shape index (κ2) is 5.87. The molecule has 2 atom stereocenters. The lowest BCUT2D eigenvalue weighted by Gasteiger charge is -2.35. The molecule has 0 aliphatic heterocycles. The number of hydrogen-bond donors (Lipinski definition) is 0. The van der Waals surface area contributed by atoms with Crippen molar-refractivity contribution < 1.29 is 4.79 Å². The molecule has 1 aliphatic carbocycles. The lowest BCUT2D eigenvalue weighted by Crippen LogP contribution is -2.44. The van der Waals surface area contributed by atoms with E-state index in [9.17, 15) is 4.79 Å². The van der Waals surface area contributed by atoms with Crippen molar-refractivity contribution in [2.75, 3.05) is 7.05 Å². The molecule has 0 N–H and O–H groups in total. The number of aryl methyl sites for hydroxylation is 1. The smallest absolute Gasteiger partial charge is 0.254 e. The number of alkyl halides is 1. The van der Waals surface area contributed by atoms with Gasteiger partial charge < -0.3 is 4.90 Å². The predicted molar refractivity (Wildman–Crippen MR) is 78.2 cm³/mol. The van der Waals surface area contributed by atoms with Gasteiger partial charge in [0.1, 0.15) is 0 Å². The summed E-state index contributed by atoms with van der Waals surface area (Å²) in [5.74, 6) is 0.143. The fourth-order valence-corrected chi connectivity index (χ4v) is 3.60. The van der Waals surface area contributed by atoms with Crippen molar-refractivity contribution in [2.45, 2.75) is 43.5 Å². The molecule has 2 unspecified atom stereocenters. The third-order valence-electron chi connectivity index (χ3n) is 3.84. The molecule has 1 fully saturated rings. The Labute approximate surface area is 117 Å². The van der Waals surface area contributed by atoms with Crippen LogP contribution in [0.2, 0.25) is 0 Å². The Morgan fingerprint density at radius 1 is 1.28 bits per heavy atom. The molecule has 1 amide bonds. The van der Waals surface area contributed by atoms with Gasteiger partial charge in [-0.3, -0.25) is 4.79 Å². The van der Waals surface area contributed by atoms with Crippen LogP contribution in [0.5, 0.6) is 0 Å². The molecular weight excluding hydrogens is 290 g/mol. The van der Waals surface area contributed by atoms with Crippen LogP contribution in [0.25, 0.3) is 0 Å². The lowest BCUT2D eigenvalue weighted by atomic mass is 9.93. The lowest BCUT2D eigenvalue weighted by molar-refractivity contribution is 0.0704. The Bertz CT molecular complexity index is 432. The number of hydrogen-bond acceptors (Lipinski definition) is 1. The number of amides is 1. The Morgan fingerprint density at radius 3 is 2.61 bits per heavy atom. The first-order valence-corrected chi connectivity index (χ1v) is 7.49. The molecule has 0 aromatic heterocycles. The molecule has 1 aromatic carbocycles. The summed E-state index contributed by atoms with van der Waals surface area (Å²) in [6.45, 7) is 1.99. The first-order chi connectivity index (χ1) is 8.61. The molecule has 3 heteroatoms. The van der Waals surface area contributed by atoms with Crippen molar-refractivity contribution in [3.63, 3.8) is 0 Å². The molecule has 1 aromatic rings. The standard InChI is InChI=1S/C15H20BrNO/c1-11-7-3-4-8-12(11)15(18)17(2)14-10-6-5-9-13(14)16/h3-4,7-8,13-14H,5-6,9-10H2,1-2H3. The fraction of sp³-hybridized carbons (Fsp3) is 0.533. The predicted octanol–water partition coefficient (Wildman–Crippen LogP) is 3.77. The van der Waals surface area contributed by atoms with Crippen molar-refractivity contribution in [3.8, 4) is 0 Å². The average Bonchev–Trinajstić information content (AvgIpc) is 2.38. The van der Waals surface area contributed by atoms with Gasteiger partial charge in [0.25, 0.3) is 5.91 Å². The number of halogens is 1. The van der Waals surface area contributed by atoms with E-state index in [-0.39, 0.29) is 5.91 Å². The van der Waals surface area contributed by atoms with Crippen LogP contribution in [0.3, 0.4) is 0 Å². The second-order valence-corrected chi connectivity index (χ2v) is 6.27. The first-order valence-electron chi connectivity index (χ1n) is 6.58. The van der Waals surface area contributed by atoms with Crippen LogP contribution in [0.4, 0.5) is 0 Å². The molecule has 0 bridgehead atoms. The zero-order chi connectivity index (χ0) is 13.1. The van der Waals surface area contributed by atoms with Crippen LogP contribution in [-0.2, 0) is 0 Å². The number of nitrogens with zero attached hydrogens (tertiary/aromatic N) is 1. The normalized spacial score (nSPS) is 23.7. The van der Waals surface area contributed by atoms with E-state index in [1.165, 1.54) is 12.8 Å². The van der Waals surface area contributed by atoms with Crippen LogP contribution in [0, 0.1) is 6.92 Å². The van der Waals surface area contributed by atoms with E-state index < -0.39 is 0 Å². The van der Waals surface area contributed by atoms with E-state index in [4.69, 9.17) is 0 Å². The molecule has 0 heterocycles. The first kappa shape index (κ1) is 13.6. The van der Waals surface area contributed by atoms with E-state index >= 15 is 0 Å². The van der Waals surface area contributed by atoms with Gasteiger partial charge in [-0.1, -0.05) is 47.0 Å². The van der Waals surface area contributed by atoms with Crippen LogP contribution < -0.4 is 0 Å². The minimum Gasteiger partial charge on any atom is -0.338 e. The third kappa shape index (κ3) is 2.77. The van der Waals surface area contributed by atoms with Gasteiger partial charge in [-0.25, -0.2) is 0 Å². The topological polar surface area (TPSA) is 20.3 Å². The zero-order valence-electron chi connectivity index (χ0n) is 11.0. The van der Waals surface area contributed by atoms with Crippen molar-refractivity contribution in [3.05, 3.63) is 35.4 Å². The number of benzene rings is 1. The van der Waals surface area contributed by atoms with E-state index in [0.717, 1.165) is 24.0 Å². The van der Waals surface area contributed by atoms with Gasteiger partial charge in [0.2, 0.25) is 0 Å². The van der Waals surface area contributed by atoms with Gasteiger partial charge in [-0.2, -0.15) is 0 Å². The fourth-order valence-electron chi connectivity index (χ4n) is 2.66. The number of rotatable bonds is 2. The van der Waals surface area contributed by atoms with E-state index in [2.05, 4.69) is 15.9 Å². The molecule has 2 nitrogen and oxygen atoms in total. The molecule has 0 spiro atoms. The summed E-state index contributed by atoms with van der Waals surface area (Å²) in [4.78, 5) is 14.9. The van der Waals surface area contributed by atoms with Crippen molar-refractivity contribution in [2.24, 2.45) is 0 Å². The Hall–Kier alpha value is -0.830. The van der Waals surface area contributed by atoms with E-state index in [1.54, 1.807) is 0 Å². The summed E-state index contributed by atoms with van der Waals surface area (Å²) in [6.07, 6.45) is 4.75. The molecule has 0 radical (unpaired) electrons. The van der Waals surface area contributed by atoms with Crippen molar-refractivity contribution in [1.82, 2.24) is 4.90 Å². The highest BCUT2D eigenvalue weighted by Gasteiger charge is 2.29. The maximum atomic E-state index is 12.5. The van der Waals surface area contributed by atoms with Gasteiger partial charge in [-0.05, 0) is 31.4 Å². The minimum absolute atomic E-state index is 0.143. The molecule has 98 valence electrons. The molecule has 1 aliphatic rings. The minimum atomic E-state index is 0.143. The Morgan fingerprint density at radius 2 is 1.94 bits per heavy atom. The zero-order valence-corrected chi connectivity index (χ0v) is 12.6. The molecule has 0 saturated heterocycles.